The summed E-state index contributed by atoms with van der Waals surface area (Å²) in [6, 6.07) is 6.01. The van der Waals surface area contributed by atoms with Gasteiger partial charge in [0.1, 0.15) is 0 Å². The van der Waals surface area contributed by atoms with E-state index in [2.05, 4.69) is 24.3 Å². The molecule has 0 radical (unpaired) electrons. The molecule has 0 saturated carbocycles. The van der Waals surface area contributed by atoms with E-state index in [9.17, 15) is 0 Å². The highest BCUT2D eigenvalue weighted by molar-refractivity contribution is 6.31. The van der Waals surface area contributed by atoms with Crippen molar-refractivity contribution < 1.29 is 0 Å². The van der Waals surface area contributed by atoms with Gasteiger partial charge < -0.3 is 5.73 Å². The van der Waals surface area contributed by atoms with Crippen molar-refractivity contribution in [3.05, 3.63) is 58.1 Å². The van der Waals surface area contributed by atoms with Gasteiger partial charge in [-0.2, -0.15) is 0 Å². The Labute approximate surface area is 108 Å². The molecule has 0 amide bonds. The molecule has 1 aliphatic rings. The van der Waals surface area contributed by atoms with Gasteiger partial charge in [-0.1, -0.05) is 47.5 Å². The monoisotopic (exact) mass is 247 g/mol. The van der Waals surface area contributed by atoms with Gasteiger partial charge >= 0.3 is 0 Å². The molecule has 0 saturated heterocycles. The number of nitrogens with two attached hydrogens (primary N) is 1. The quantitative estimate of drug-likeness (QED) is 0.846. The van der Waals surface area contributed by atoms with Crippen molar-refractivity contribution in [3.8, 4) is 0 Å². The molecule has 0 spiro atoms. The van der Waals surface area contributed by atoms with Crippen LogP contribution in [0.5, 0.6) is 0 Å². The average Bonchev–Trinajstić information content (AvgIpc) is 2.34. The first kappa shape index (κ1) is 12.4. The van der Waals surface area contributed by atoms with Crippen LogP contribution in [0.15, 0.2) is 42.0 Å². The van der Waals surface area contributed by atoms with Crippen LogP contribution in [0.1, 0.15) is 36.4 Å². The fourth-order valence-corrected chi connectivity index (χ4v) is 2.42. The maximum atomic E-state index is 6.27. The minimum absolute atomic E-state index is 0.0476. The second-order valence-electron chi connectivity index (χ2n) is 4.56. The third-order valence-electron chi connectivity index (χ3n) is 3.29. The van der Waals surface area contributed by atoms with E-state index in [4.69, 9.17) is 17.3 Å². The second kappa shape index (κ2) is 5.52. The van der Waals surface area contributed by atoms with Crippen LogP contribution in [0, 0.1) is 6.92 Å². The minimum Gasteiger partial charge on any atom is -0.324 e. The number of hydrogen-bond acceptors (Lipinski definition) is 1. The molecule has 90 valence electrons. The lowest BCUT2D eigenvalue weighted by Crippen LogP contribution is -2.13. The van der Waals surface area contributed by atoms with E-state index in [1.165, 1.54) is 5.57 Å². The lowest BCUT2D eigenvalue weighted by atomic mass is 9.92. The molecule has 0 bridgehead atoms. The van der Waals surface area contributed by atoms with Crippen molar-refractivity contribution >= 4 is 11.6 Å². The highest BCUT2D eigenvalue weighted by Crippen LogP contribution is 2.28. The zero-order valence-electron chi connectivity index (χ0n) is 10.1. The van der Waals surface area contributed by atoms with Gasteiger partial charge in [0, 0.05) is 11.1 Å². The Balaban J connectivity index is 2.14. The Bertz CT molecular complexity index is 460. The molecule has 2 heteroatoms. The molecular weight excluding hydrogens is 230 g/mol. The first-order valence-electron chi connectivity index (χ1n) is 6.03. The van der Waals surface area contributed by atoms with Crippen molar-refractivity contribution in [2.75, 3.05) is 0 Å². The van der Waals surface area contributed by atoms with Gasteiger partial charge in [-0.25, -0.2) is 0 Å². The third kappa shape index (κ3) is 2.99. The average molecular weight is 248 g/mol. The first-order valence-corrected chi connectivity index (χ1v) is 6.41. The van der Waals surface area contributed by atoms with Crippen LogP contribution >= 0.6 is 11.6 Å². The third-order valence-corrected chi connectivity index (χ3v) is 3.70. The van der Waals surface area contributed by atoms with Crippen LogP contribution in [0.2, 0.25) is 5.02 Å². The number of halogens is 1. The molecule has 0 aromatic heterocycles. The van der Waals surface area contributed by atoms with Gasteiger partial charge in [0.15, 0.2) is 0 Å². The predicted octanol–water partition coefficient (Wildman–Crippen LogP) is 4.31. The molecule has 1 atom stereocenters. The number of benzene rings is 1. The molecule has 2 rings (SSSR count). The number of rotatable bonds is 3. The molecule has 1 aromatic rings. The maximum Gasteiger partial charge on any atom is 0.0438 e. The molecule has 1 nitrogen and oxygen atoms in total. The standard InChI is InChI=1S/C15H18ClN/c1-11-13(8-5-9-14(11)16)15(17)10-12-6-3-2-4-7-12/h2-3,5-6,8-9,15H,4,7,10,17H2,1H3. The highest BCUT2D eigenvalue weighted by atomic mass is 35.5. The maximum absolute atomic E-state index is 6.27. The second-order valence-corrected chi connectivity index (χ2v) is 4.96. The molecule has 0 heterocycles. The summed E-state index contributed by atoms with van der Waals surface area (Å²) in [6.07, 6.45) is 9.68. The fourth-order valence-electron chi connectivity index (χ4n) is 2.24. The normalized spacial score (nSPS) is 16.8. The van der Waals surface area contributed by atoms with Crippen molar-refractivity contribution in [1.82, 2.24) is 0 Å². The van der Waals surface area contributed by atoms with Gasteiger partial charge in [-0.3, -0.25) is 0 Å². The molecule has 2 N–H and O–H groups in total. The van der Waals surface area contributed by atoms with Crippen molar-refractivity contribution in [1.29, 1.82) is 0 Å². The summed E-state index contributed by atoms with van der Waals surface area (Å²) in [5, 5.41) is 0.801. The molecular formula is C15H18ClN. The highest BCUT2D eigenvalue weighted by Gasteiger charge is 2.13. The molecule has 0 aliphatic heterocycles. The number of hydrogen-bond donors (Lipinski definition) is 1. The SMILES string of the molecule is Cc1c(Cl)cccc1C(N)CC1=CC=CCC1. The van der Waals surface area contributed by atoms with Crippen molar-refractivity contribution in [3.63, 3.8) is 0 Å². The Morgan fingerprint density at radius 3 is 2.94 bits per heavy atom. The van der Waals surface area contributed by atoms with E-state index in [0.29, 0.717) is 0 Å². The van der Waals surface area contributed by atoms with E-state index in [1.807, 2.05) is 19.1 Å². The molecule has 0 fully saturated rings. The topological polar surface area (TPSA) is 26.0 Å². The summed E-state index contributed by atoms with van der Waals surface area (Å²) in [6.45, 7) is 2.03. The van der Waals surface area contributed by atoms with Gasteiger partial charge in [0.05, 0.1) is 0 Å². The fraction of sp³-hybridized carbons (Fsp3) is 0.333. The first-order chi connectivity index (χ1) is 8.18. The smallest absolute Gasteiger partial charge is 0.0438 e. The Morgan fingerprint density at radius 1 is 1.41 bits per heavy atom. The molecule has 17 heavy (non-hydrogen) atoms. The summed E-state index contributed by atoms with van der Waals surface area (Å²) in [4.78, 5) is 0. The van der Waals surface area contributed by atoms with Gasteiger partial charge in [-0.05, 0) is 43.4 Å². The Morgan fingerprint density at radius 2 is 2.24 bits per heavy atom. The van der Waals surface area contributed by atoms with Gasteiger partial charge in [0.2, 0.25) is 0 Å². The van der Waals surface area contributed by atoms with E-state index in [-0.39, 0.29) is 6.04 Å². The minimum atomic E-state index is 0.0476. The zero-order chi connectivity index (χ0) is 12.3. The molecule has 1 unspecified atom stereocenters. The zero-order valence-corrected chi connectivity index (χ0v) is 10.9. The van der Waals surface area contributed by atoms with E-state index in [0.717, 1.165) is 35.4 Å². The van der Waals surface area contributed by atoms with Crippen LogP contribution in [-0.2, 0) is 0 Å². The summed E-state index contributed by atoms with van der Waals surface area (Å²) >= 11 is 6.12. The van der Waals surface area contributed by atoms with E-state index in [1.54, 1.807) is 0 Å². The van der Waals surface area contributed by atoms with Crippen molar-refractivity contribution in [2.24, 2.45) is 5.73 Å². The number of allylic oxidation sites excluding steroid dienone is 3. The summed E-state index contributed by atoms with van der Waals surface area (Å²) in [7, 11) is 0. The van der Waals surface area contributed by atoms with Gasteiger partial charge in [-0.15, -0.1) is 0 Å². The summed E-state index contributed by atoms with van der Waals surface area (Å²) in [5.74, 6) is 0. The van der Waals surface area contributed by atoms with Crippen LogP contribution in [0.3, 0.4) is 0 Å². The van der Waals surface area contributed by atoms with E-state index >= 15 is 0 Å². The van der Waals surface area contributed by atoms with Gasteiger partial charge in [0.25, 0.3) is 0 Å². The summed E-state index contributed by atoms with van der Waals surface area (Å²) < 4.78 is 0. The van der Waals surface area contributed by atoms with Crippen LogP contribution < -0.4 is 5.73 Å². The van der Waals surface area contributed by atoms with Crippen LogP contribution in [0.25, 0.3) is 0 Å². The van der Waals surface area contributed by atoms with Crippen LogP contribution in [-0.4, -0.2) is 0 Å². The Kier molecular flexibility index (Phi) is 4.03. The molecule has 1 aromatic carbocycles. The summed E-state index contributed by atoms with van der Waals surface area (Å²) in [5.41, 5.74) is 9.97. The predicted molar refractivity (Wildman–Crippen MR) is 74.2 cm³/mol. The van der Waals surface area contributed by atoms with Crippen LogP contribution in [0.4, 0.5) is 0 Å². The largest absolute Gasteiger partial charge is 0.324 e. The molecule has 1 aliphatic carbocycles. The lowest BCUT2D eigenvalue weighted by Gasteiger charge is -2.18. The lowest BCUT2D eigenvalue weighted by molar-refractivity contribution is 0.684. The Hall–Kier alpha value is -1.05. The van der Waals surface area contributed by atoms with E-state index < -0.39 is 0 Å². The van der Waals surface area contributed by atoms with Crippen molar-refractivity contribution in [2.45, 2.75) is 32.2 Å².